The molecule has 0 saturated heterocycles. The Bertz CT molecular complexity index is 1110. The number of nitrogens with zero attached hydrogens (tertiary/aromatic N) is 2. The first kappa shape index (κ1) is 17.4. The van der Waals surface area contributed by atoms with Crippen molar-refractivity contribution >= 4 is 5.91 Å². The minimum Gasteiger partial charge on any atom is -0.507 e. The Morgan fingerprint density at radius 2 is 2.03 bits per heavy atom. The molecule has 3 aromatic rings. The van der Waals surface area contributed by atoms with E-state index in [1.165, 1.54) is 13.2 Å². The van der Waals surface area contributed by atoms with Gasteiger partial charge in [0, 0.05) is 30.2 Å². The summed E-state index contributed by atoms with van der Waals surface area (Å²) < 4.78 is 21.4. The van der Waals surface area contributed by atoms with Gasteiger partial charge in [-0.3, -0.25) is 4.79 Å². The summed E-state index contributed by atoms with van der Waals surface area (Å²) in [5, 5.41) is 14.4. The zero-order chi connectivity index (χ0) is 20.0. The fourth-order valence-corrected chi connectivity index (χ4v) is 3.64. The van der Waals surface area contributed by atoms with Gasteiger partial charge in [-0.25, -0.2) is 0 Å². The van der Waals surface area contributed by atoms with Crippen LogP contribution in [0.5, 0.6) is 23.0 Å². The van der Waals surface area contributed by atoms with E-state index in [0.717, 1.165) is 16.9 Å². The average molecular weight is 394 g/mol. The van der Waals surface area contributed by atoms with Crippen LogP contribution in [0.3, 0.4) is 0 Å². The van der Waals surface area contributed by atoms with E-state index in [0.29, 0.717) is 42.5 Å². The van der Waals surface area contributed by atoms with Gasteiger partial charge in [0.2, 0.25) is 6.79 Å². The number of carbonyl (C=O) groups excluding carboxylic acids is 1. The Balaban J connectivity index is 1.44. The zero-order valence-electron chi connectivity index (χ0n) is 15.7. The molecule has 2 aliphatic rings. The lowest BCUT2D eigenvalue weighted by Crippen LogP contribution is -2.35. The van der Waals surface area contributed by atoms with Crippen LogP contribution < -0.4 is 14.2 Å². The monoisotopic (exact) mass is 394 g/mol. The maximum absolute atomic E-state index is 13.0. The smallest absolute Gasteiger partial charge is 0.257 e. The lowest BCUT2D eigenvalue weighted by atomic mass is 10.0. The van der Waals surface area contributed by atoms with Crippen LogP contribution in [0, 0.1) is 0 Å². The van der Waals surface area contributed by atoms with Crippen LogP contribution in [0.1, 0.15) is 21.7 Å². The average Bonchev–Trinajstić information content (AvgIpc) is 3.38. The van der Waals surface area contributed by atoms with E-state index < -0.39 is 0 Å². The molecule has 0 fully saturated rings. The second-order valence-corrected chi connectivity index (χ2v) is 6.86. The van der Waals surface area contributed by atoms with Gasteiger partial charge in [-0.15, -0.1) is 0 Å². The van der Waals surface area contributed by atoms with Crippen LogP contribution >= 0.6 is 0 Å². The molecule has 2 aromatic carbocycles. The minimum atomic E-state index is -0.256. The van der Waals surface area contributed by atoms with Crippen molar-refractivity contribution in [2.75, 3.05) is 20.4 Å². The fraction of sp³-hybridized carbons (Fsp3) is 0.238. The van der Waals surface area contributed by atoms with Crippen molar-refractivity contribution in [1.82, 2.24) is 10.1 Å². The van der Waals surface area contributed by atoms with E-state index >= 15 is 0 Å². The minimum absolute atomic E-state index is 0.110. The third-order valence-electron chi connectivity index (χ3n) is 5.20. The lowest BCUT2D eigenvalue weighted by Gasteiger charge is -2.26. The van der Waals surface area contributed by atoms with Gasteiger partial charge < -0.3 is 28.7 Å². The summed E-state index contributed by atoms with van der Waals surface area (Å²) in [7, 11) is 1.51. The van der Waals surface area contributed by atoms with Gasteiger partial charge in [-0.05, 0) is 30.3 Å². The molecule has 1 N–H and O–H groups in total. The molecule has 0 atom stereocenters. The Morgan fingerprint density at radius 1 is 1.17 bits per heavy atom. The van der Waals surface area contributed by atoms with Crippen molar-refractivity contribution in [3.05, 3.63) is 53.3 Å². The molecule has 0 bridgehead atoms. The number of amides is 1. The summed E-state index contributed by atoms with van der Waals surface area (Å²) in [5.74, 6) is 2.24. The van der Waals surface area contributed by atoms with Gasteiger partial charge in [0.25, 0.3) is 5.91 Å². The van der Waals surface area contributed by atoms with Gasteiger partial charge in [0.15, 0.2) is 11.5 Å². The van der Waals surface area contributed by atoms with E-state index in [4.69, 9.17) is 18.7 Å². The number of rotatable bonds is 3. The molecule has 0 unspecified atom stereocenters. The summed E-state index contributed by atoms with van der Waals surface area (Å²) in [5.41, 5.74) is 2.60. The Hall–Kier alpha value is -3.68. The van der Waals surface area contributed by atoms with Gasteiger partial charge in [0.1, 0.15) is 23.0 Å². The summed E-state index contributed by atoms with van der Waals surface area (Å²) in [6.07, 6.45) is 0.551. The number of hydrogen-bond donors (Lipinski definition) is 1. The highest BCUT2D eigenvalue weighted by atomic mass is 16.7. The summed E-state index contributed by atoms with van der Waals surface area (Å²) in [6, 6.07) is 10.2. The quantitative estimate of drug-likeness (QED) is 0.730. The molecule has 0 aliphatic carbocycles. The van der Waals surface area contributed by atoms with Crippen LogP contribution in [0.2, 0.25) is 0 Å². The SMILES string of the molecule is COc1ccc(C(=O)N2CCc3onc(-c4ccc5c(c4)OCO5)c3C2)c(O)c1. The molecule has 1 aromatic heterocycles. The van der Waals surface area contributed by atoms with Crippen LogP contribution in [0.25, 0.3) is 11.3 Å². The highest BCUT2D eigenvalue weighted by Crippen LogP contribution is 2.38. The third-order valence-corrected chi connectivity index (χ3v) is 5.20. The second-order valence-electron chi connectivity index (χ2n) is 6.86. The van der Waals surface area contributed by atoms with Crippen LogP contribution in [-0.2, 0) is 13.0 Å². The highest BCUT2D eigenvalue weighted by Gasteiger charge is 2.29. The van der Waals surface area contributed by atoms with Crippen LogP contribution in [0.15, 0.2) is 40.9 Å². The first-order valence-electron chi connectivity index (χ1n) is 9.18. The first-order chi connectivity index (χ1) is 14.1. The summed E-state index contributed by atoms with van der Waals surface area (Å²) in [6.45, 7) is 1.02. The molecular weight excluding hydrogens is 376 g/mol. The van der Waals surface area contributed by atoms with E-state index in [1.54, 1.807) is 17.0 Å². The van der Waals surface area contributed by atoms with Gasteiger partial charge >= 0.3 is 0 Å². The zero-order valence-corrected chi connectivity index (χ0v) is 15.7. The number of phenolic OH excluding ortho intramolecular Hbond substituents is 1. The molecule has 5 rings (SSSR count). The first-order valence-corrected chi connectivity index (χ1v) is 9.18. The van der Waals surface area contributed by atoms with E-state index in [-0.39, 0.29) is 24.0 Å². The van der Waals surface area contributed by atoms with E-state index in [1.807, 2.05) is 18.2 Å². The molecule has 8 heteroatoms. The number of hydrogen-bond acceptors (Lipinski definition) is 7. The maximum atomic E-state index is 13.0. The Morgan fingerprint density at radius 3 is 2.86 bits per heavy atom. The molecule has 3 heterocycles. The molecule has 0 spiro atoms. The number of ether oxygens (including phenoxy) is 3. The van der Waals surface area contributed by atoms with Crippen molar-refractivity contribution in [2.24, 2.45) is 0 Å². The largest absolute Gasteiger partial charge is 0.507 e. The number of phenols is 1. The van der Waals surface area contributed by atoms with Crippen molar-refractivity contribution in [2.45, 2.75) is 13.0 Å². The van der Waals surface area contributed by atoms with E-state index in [9.17, 15) is 9.90 Å². The molecule has 148 valence electrons. The number of aromatic nitrogens is 1. The van der Waals surface area contributed by atoms with Crippen LogP contribution in [-0.4, -0.2) is 41.5 Å². The molecule has 29 heavy (non-hydrogen) atoms. The predicted octanol–water partition coefficient (Wildman–Crippen LogP) is 2.98. The molecule has 0 saturated carbocycles. The highest BCUT2D eigenvalue weighted by molar-refractivity contribution is 5.97. The second kappa shape index (κ2) is 6.73. The standard InChI is InChI=1S/C21H18N2O6/c1-26-13-3-4-14(16(24)9-13)21(25)23-7-6-17-15(10-23)20(22-29-17)12-2-5-18-19(8-12)28-11-27-18/h2-5,8-9,24H,6-7,10-11H2,1H3. The normalized spacial score (nSPS) is 14.6. The van der Waals surface area contributed by atoms with Crippen molar-refractivity contribution in [1.29, 1.82) is 0 Å². The topological polar surface area (TPSA) is 94.3 Å². The lowest BCUT2D eigenvalue weighted by molar-refractivity contribution is 0.0726. The summed E-state index contributed by atoms with van der Waals surface area (Å²) in [4.78, 5) is 14.7. The molecule has 1 amide bonds. The van der Waals surface area contributed by atoms with Gasteiger partial charge in [-0.2, -0.15) is 0 Å². The molecule has 2 aliphatic heterocycles. The van der Waals surface area contributed by atoms with Gasteiger partial charge in [0.05, 0.1) is 19.2 Å². The van der Waals surface area contributed by atoms with E-state index in [2.05, 4.69) is 5.16 Å². The Kier molecular flexibility index (Phi) is 4.04. The maximum Gasteiger partial charge on any atom is 0.257 e. The molecule has 8 nitrogen and oxygen atoms in total. The predicted molar refractivity (Wildman–Crippen MR) is 101 cm³/mol. The van der Waals surface area contributed by atoms with Gasteiger partial charge in [-0.1, -0.05) is 5.16 Å². The number of aromatic hydroxyl groups is 1. The van der Waals surface area contributed by atoms with Crippen molar-refractivity contribution < 1.29 is 28.6 Å². The fourth-order valence-electron chi connectivity index (χ4n) is 3.64. The summed E-state index contributed by atoms with van der Waals surface area (Å²) >= 11 is 0. The van der Waals surface area contributed by atoms with Crippen LogP contribution in [0.4, 0.5) is 0 Å². The Labute approximate surface area is 166 Å². The number of benzene rings is 2. The number of fused-ring (bicyclic) bond motifs is 2. The molecule has 0 radical (unpaired) electrons. The number of methoxy groups -OCH3 is 1. The third kappa shape index (κ3) is 2.93. The molecular formula is C21H18N2O6. The number of carbonyl (C=O) groups is 1. The van der Waals surface area contributed by atoms with Crippen molar-refractivity contribution in [3.63, 3.8) is 0 Å². The van der Waals surface area contributed by atoms with Crippen molar-refractivity contribution in [3.8, 4) is 34.3 Å².